The molecule has 0 N–H and O–H groups in total. The molecule has 3 rings (SSSR count). The van der Waals surface area contributed by atoms with Gasteiger partial charge in [0.2, 0.25) is 0 Å². The second-order valence-corrected chi connectivity index (χ2v) is 13.4. The fraction of sp³-hybridized carbons (Fsp3) is 0.636. The molecular formula is C33H48I2. The van der Waals surface area contributed by atoms with Crippen LogP contribution in [-0.2, 0) is 5.41 Å². The molecule has 0 spiro atoms. The van der Waals surface area contributed by atoms with Gasteiger partial charge in [-0.2, -0.15) is 0 Å². The highest BCUT2D eigenvalue weighted by Gasteiger charge is 2.42. The zero-order chi connectivity index (χ0) is 24.9. The number of hydrogen-bond donors (Lipinski definition) is 0. The molecule has 1 aliphatic rings. The third-order valence-corrected chi connectivity index (χ3v) is 9.54. The topological polar surface area (TPSA) is 0 Å². The maximum absolute atomic E-state index is 2.53. The fourth-order valence-corrected chi connectivity index (χ4v) is 7.21. The van der Waals surface area contributed by atoms with Gasteiger partial charge >= 0.3 is 0 Å². The van der Waals surface area contributed by atoms with Crippen LogP contribution in [0.1, 0.15) is 141 Å². The Morgan fingerprint density at radius 3 is 1.20 bits per heavy atom. The quantitative estimate of drug-likeness (QED) is 0.107. The van der Waals surface area contributed by atoms with Crippen LogP contribution in [0.2, 0.25) is 0 Å². The lowest BCUT2D eigenvalue weighted by Gasteiger charge is -2.33. The second kappa shape index (κ2) is 16.0. The van der Waals surface area contributed by atoms with Crippen LogP contribution in [0, 0.1) is 7.14 Å². The number of rotatable bonds is 18. The highest BCUT2D eigenvalue weighted by atomic mass is 127. The Hall–Kier alpha value is -0.100. The van der Waals surface area contributed by atoms with Crippen molar-refractivity contribution in [3.63, 3.8) is 0 Å². The Kier molecular flexibility index (Phi) is 13.5. The summed E-state index contributed by atoms with van der Waals surface area (Å²) in [5.74, 6) is 0. The maximum Gasteiger partial charge on any atom is 0.0216 e. The van der Waals surface area contributed by atoms with E-state index in [1.165, 1.54) is 134 Å². The molecular weight excluding hydrogens is 650 g/mol. The van der Waals surface area contributed by atoms with Crippen molar-refractivity contribution in [1.82, 2.24) is 0 Å². The Labute approximate surface area is 244 Å². The number of unbranched alkanes of at least 4 members (excludes halogenated alkanes) is 14. The molecule has 0 aliphatic heterocycles. The van der Waals surface area contributed by atoms with Crippen LogP contribution in [0.3, 0.4) is 0 Å². The molecule has 0 atom stereocenters. The zero-order valence-corrected chi connectivity index (χ0v) is 26.8. The number of fused-ring (bicyclic) bond motifs is 3. The molecule has 0 fully saturated rings. The predicted molar refractivity (Wildman–Crippen MR) is 173 cm³/mol. The summed E-state index contributed by atoms with van der Waals surface area (Å²) in [7, 11) is 0. The van der Waals surface area contributed by atoms with Crippen molar-refractivity contribution in [2.45, 2.75) is 135 Å². The van der Waals surface area contributed by atoms with E-state index in [4.69, 9.17) is 0 Å². The van der Waals surface area contributed by atoms with Crippen LogP contribution in [-0.4, -0.2) is 0 Å². The summed E-state index contributed by atoms with van der Waals surface area (Å²) < 4.78 is 2.78. The van der Waals surface area contributed by atoms with Gasteiger partial charge in [0, 0.05) is 12.6 Å². The smallest absolute Gasteiger partial charge is 0.0216 e. The highest BCUT2D eigenvalue weighted by molar-refractivity contribution is 14.1. The van der Waals surface area contributed by atoms with Gasteiger partial charge in [-0.3, -0.25) is 0 Å². The van der Waals surface area contributed by atoms with Crippen molar-refractivity contribution in [2.24, 2.45) is 0 Å². The molecule has 0 saturated carbocycles. The molecule has 2 aromatic rings. The summed E-state index contributed by atoms with van der Waals surface area (Å²) >= 11 is 5.06. The van der Waals surface area contributed by atoms with Crippen molar-refractivity contribution in [3.8, 4) is 11.1 Å². The number of hydrogen-bond acceptors (Lipinski definition) is 0. The van der Waals surface area contributed by atoms with Crippen LogP contribution in [0.4, 0.5) is 0 Å². The molecule has 35 heavy (non-hydrogen) atoms. The van der Waals surface area contributed by atoms with Crippen LogP contribution < -0.4 is 0 Å². The van der Waals surface area contributed by atoms with E-state index >= 15 is 0 Å². The predicted octanol–water partition coefficient (Wildman–Crippen LogP) is 12.2. The lowest BCUT2D eigenvalue weighted by molar-refractivity contribution is 0.397. The summed E-state index contributed by atoms with van der Waals surface area (Å²) in [5.41, 5.74) is 6.50. The largest absolute Gasteiger partial charge is 0.0654 e. The summed E-state index contributed by atoms with van der Waals surface area (Å²) in [6.07, 6.45) is 25.0. The molecule has 0 amide bonds. The number of benzene rings is 2. The minimum absolute atomic E-state index is 0.220. The van der Waals surface area contributed by atoms with Crippen LogP contribution in [0.5, 0.6) is 0 Å². The minimum atomic E-state index is 0.220. The standard InChI is InChI=1S/C33H48I2/c1-3-5-7-9-11-13-15-17-23-33(24-18-16-14-12-10-8-6-4-2)31-25-27(34)19-21-29(31)30-22-20-28(35)26-32(30)33/h19-22,25-26H,3-18,23-24H2,1-2H3. The minimum Gasteiger partial charge on any atom is -0.0654 e. The molecule has 0 saturated heterocycles. The van der Waals surface area contributed by atoms with E-state index in [1.54, 1.807) is 11.1 Å². The van der Waals surface area contributed by atoms with Crippen molar-refractivity contribution in [2.75, 3.05) is 0 Å². The monoisotopic (exact) mass is 698 g/mol. The summed E-state index contributed by atoms with van der Waals surface area (Å²) in [5, 5.41) is 0. The molecule has 0 unspecified atom stereocenters. The lowest BCUT2D eigenvalue weighted by atomic mass is 9.70. The first-order valence-electron chi connectivity index (χ1n) is 14.7. The van der Waals surface area contributed by atoms with E-state index in [2.05, 4.69) is 95.4 Å². The Balaban J connectivity index is 1.70. The summed E-state index contributed by atoms with van der Waals surface area (Å²) in [4.78, 5) is 0. The zero-order valence-electron chi connectivity index (χ0n) is 22.4. The highest BCUT2D eigenvalue weighted by Crippen LogP contribution is 2.54. The van der Waals surface area contributed by atoms with E-state index in [1.807, 2.05) is 0 Å². The molecule has 2 aromatic carbocycles. The average Bonchev–Trinajstić information content (AvgIpc) is 3.11. The SMILES string of the molecule is CCCCCCCCCCC1(CCCCCCCCCC)c2cc(I)ccc2-c2ccc(I)cc21. The third kappa shape index (κ3) is 8.45. The van der Waals surface area contributed by atoms with E-state index in [0.717, 1.165) is 0 Å². The first kappa shape index (κ1) is 29.5. The molecule has 194 valence electrons. The molecule has 0 heterocycles. The van der Waals surface area contributed by atoms with Crippen molar-refractivity contribution < 1.29 is 0 Å². The van der Waals surface area contributed by atoms with E-state index < -0.39 is 0 Å². The molecule has 1 aliphatic carbocycles. The van der Waals surface area contributed by atoms with Crippen LogP contribution in [0.15, 0.2) is 36.4 Å². The molecule has 0 nitrogen and oxygen atoms in total. The first-order chi connectivity index (χ1) is 17.1. The summed E-state index contributed by atoms with van der Waals surface area (Å²) in [6, 6.07) is 14.5. The summed E-state index contributed by atoms with van der Waals surface area (Å²) in [6.45, 7) is 4.62. The van der Waals surface area contributed by atoms with Crippen molar-refractivity contribution in [1.29, 1.82) is 0 Å². The van der Waals surface area contributed by atoms with E-state index in [-0.39, 0.29) is 5.41 Å². The average molecular weight is 699 g/mol. The van der Waals surface area contributed by atoms with Crippen LogP contribution in [0.25, 0.3) is 11.1 Å². The van der Waals surface area contributed by atoms with Gasteiger partial charge in [-0.15, -0.1) is 0 Å². The van der Waals surface area contributed by atoms with E-state index in [0.29, 0.717) is 0 Å². The first-order valence-corrected chi connectivity index (χ1v) is 16.9. The number of halogens is 2. The normalized spacial score (nSPS) is 13.7. The van der Waals surface area contributed by atoms with E-state index in [9.17, 15) is 0 Å². The third-order valence-electron chi connectivity index (χ3n) is 8.20. The molecule has 0 radical (unpaired) electrons. The Bertz CT molecular complexity index is 811. The van der Waals surface area contributed by atoms with Gasteiger partial charge in [0.1, 0.15) is 0 Å². The van der Waals surface area contributed by atoms with Gasteiger partial charge < -0.3 is 0 Å². The Morgan fingerprint density at radius 1 is 0.486 bits per heavy atom. The fourth-order valence-electron chi connectivity index (χ4n) is 6.22. The van der Waals surface area contributed by atoms with Gasteiger partial charge in [-0.05, 0) is 105 Å². The molecule has 2 heteroatoms. The molecule has 0 aromatic heterocycles. The molecule has 0 bridgehead atoms. The van der Waals surface area contributed by atoms with Gasteiger partial charge in [0.15, 0.2) is 0 Å². The van der Waals surface area contributed by atoms with Crippen molar-refractivity contribution >= 4 is 45.2 Å². The van der Waals surface area contributed by atoms with Crippen molar-refractivity contribution in [3.05, 3.63) is 54.7 Å². The second-order valence-electron chi connectivity index (χ2n) is 10.9. The van der Waals surface area contributed by atoms with Gasteiger partial charge in [-0.1, -0.05) is 129 Å². The van der Waals surface area contributed by atoms with Gasteiger partial charge in [0.05, 0.1) is 0 Å². The van der Waals surface area contributed by atoms with Crippen LogP contribution >= 0.6 is 45.2 Å². The maximum atomic E-state index is 2.53. The lowest BCUT2D eigenvalue weighted by Crippen LogP contribution is -2.25. The van der Waals surface area contributed by atoms with Gasteiger partial charge in [0.25, 0.3) is 0 Å². The Morgan fingerprint density at radius 2 is 0.829 bits per heavy atom. The van der Waals surface area contributed by atoms with Gasteiger partial charge in [-0.25, -0.2) is 0 Å².